The zero-order valence-corrected chi connectivity index (χ0v) is 54.0. The predicted molar refractivity (Wildman–Crippen MR) is 404 cm³/mol. The zero-order chi connectivity index (χ0) is 64.2. The van der Waals surface area contributed by atoms with E-state index in [-0.39, 0.29) is 10.8 Å². The third kappa shape index (κ3) is 7.59. The monoisotopic (exact) mass is 1240 g/mol. The van der Waals surface area contributed by atoms with Crippen molar-refractivity contribution in [3.63, 3.8) is 0 Å². The van der Waals surface area contributed by atoms with Crippen molar-refractivity contribution in [1.82, 2.24) is 23.7 Å². The van der Waals surface area contributed by atoms with E-state index in [0.717, 1.165) is 67.2 Å². The number of hydrogen-bond donors (Lipinski definition) is 0. The minimum absolute atomic E-state index is 0.106. The van der Waals surface area contributed by atoms with Crippen molar-refractivity contribution in [1.29, 1.82) is 0 Å². The summed E-state index contributed by atoms with van der Waals surface area (Å²) in [5.74, 6) is 0.703. The maximum absolute atomic E-state index is 5.48. The second-order valence-electron chi connectivity index (χ2n) is 28.0. The van der Waals surface area contributed by atoms with Crippen LogP contribution in [0.4, 0.5) is 0 Å². The van der Waals surface area contributed by atoms with Gasteiger partial charge in [0, 0.05) is 82.5 Å². The molecule has 0 bridgehead atoms. The van der Waals surface area contributed by atoms with Gasteiger partial charge < -0.3 is 13.7 Å². The van der Waals surface area contributed by atoms with Crippen LogP contribution in [0.5, 0.6) is 0 Å². The van der Waals surface area contributed by atoms with Gasteiger partial charge in [-0.3, -0.25) is 0 Å². The average Bonchev–Trinajstić information content (AvgIpc) is 1.58. The summed E-state index contributed by atoms with van der Waals surface area (Å²) in [5.41, 5.74) is 33.0. The molecular formula is C92H61N5. The molecule has 97 heavy (non-hydrogen) atoms. The first-order valence-electron chi connectivity index (χ1n) is 33.9. The van der Waals surface area contributed by atoms with Gasteiger partial charge in [-0.1, -0.05) is 228 Å². The lowest BCUT2D eigenvalue weighted by molar-refractivity contribution is 0.660. The Balaban J connectivity index is 0.705. The standard InChI is InChI=1S/C92H61N5/c1-91(2)76-31-12-8-25-64(76)66-41-39-62(52-78(66)91)96-81-34-15-11-28-69(81)73-49-57(36-44-83(73)96)59-38-46-85-75(51-59)74-50-58(37-45-84(74)97(85)63-40-42-67-65-26-9-13-32-77(65)92(3,4)79(67)53-63)56-35-43-82-72(48-56)68-27-10-14-33-80(68)95(82)61-24-16-23-60(47-61)90-93-88(55-19-6-5-7-20-55)87-70-29-17-21-54-22-18-30-71(86(54)70)89(87)94-90/h5-53H,1-4H3. The predicted octanol–water partition coefficient (Wildman–Crippen LogP) is 23.8. The second-order valence-corrected chi connectivity index (χ2v) is 28.0. The van der Waals surface area contributed by atoms with E-state index >= 15 is 0 Å². The third-order valence-corrected chi connectivity index (χ3v) is 22.2. The highest BCUT2D eigenvalue weighted by Gasteiger charge is 2.38. The van der Waals surface area contributed by atoms with Gasteiger partial charge in [-0.2, -0.15) is 0 Å². The molecule has 0 amide bonds. The lowest BCUT2D eigenvalue weighted by atomic mass is 9.82. The Bertz CT molecular complexity index is 6500. The molecule has 0 saturated carbocycles. The minimum atomic E-state index is -0.150. The van der Waals surface area contributed by atoms with Gasteiger partial charge in [0.25, 0.3) is 0 Å². The molecule has 14 aromatic carbocycles. The zero-order valence-electron chi connectivity index (χ0n) is 54.0. The summed E-state index contributed by atoms with van der Waals surface area (Å²) in [6.07, 6.45) is 0. The Kier molecular flexibility index (Phi) is 11.0. The first-order valence-corrected chi connectivity index (χ1v) is 33.9. The maximum atomic E-state index is 5.48. The van der Waals surface area contributed by atoms with E-state index in [2.05, 4.69) is 339 Å². The summed E-state index contributed by atoms with van der Waals surface area (Å²) < 4.78 is 7.39. The molecule has 4 heterocycles. The van der Waals surface area contributed by atoms with Gasteiger partial charge in [-0.15, -0.1) is 0 Å². The molecule has 21 rings (SSSR count). The molecule has 0 atom stereocenters. The lowest BCUT2D eigenvalue weighted by Gasteiger charge is -2.22. The topological polar surface area (TPSA) is 40.6 Å². The summed E-state index contributed by atoms with van der Waals surface area (Å²) >= 11 is 0. The van der Waals surface area contributed by atoms with Crippen molar-refractivity contribution in [2.24, 2.45) is 0 Å². The van der Waals surface area contributed by atoms with Gasteiger partial charge in [0.1, 0.15) is 0 Å². The molecule has 0 fully saturated rings. The second kappa shape index (κ2) is 19.7. The van der Waals surface area contributed by atoms with Gasteiger partial charge in [-0.25, -0.2) is 9.97 Å². The minimum Gasteiger partial charge on any atom is -0.309 e. The molecule has 4 aromatic heterocycles. The van der Waals surface area contributed by atoms with Crippen molar-refractivity contribution in [3.05, 3.63) is 320 Å². The van der Waals surface area contributed by atoms with E-state index in [0.29, 0.717) is 5.82 Å². The van der Waals surface area contributed by atoms with Gasteiger partial charge in [0.05, 0.1) is 44.5 Å². The Labute approximate surface area is 561 Å². The van der Waals surface area contributed by atoms with Crippen LogP contribution in [-0.4, -0.2) is 23.7 Å². The number of para-hydroxylation sites is 2. The molecule has 0 N–H and O–H groups in total. The highest BCUT2D eigenvalue weighted by molar-refractivity contribution is 6.18. The van der Waals surface area contributed by atoms with Crippen molar-refractivity contribution in [2.75, 3.05) is 0 Å². The van der Waals surface area contributed by atoms with Gasteiger partial charge >= 0.3 is 0 Å². The third-order valence-electron chi connectivity index (χ3n) is 22.2. The number of benzene rings is 14. The van der Waals surface area contributed by atoms with Crippen molar-refractivity contribution >= 4 is 76.2 Å². The first-order chi connectivity index (χ1) is 47.6. The summed E-state index contributed by atoms with van der Waals surface area (Å²) in [5, 5.41) is 9.74. The molecule has 3 aliphatic rings. The average molecular weight is 1240 g/mol. The number of hydrogen-bond acceptors (Lipinski definition) is 2. The molecule has 0 unspecified atom stereocenters. The van der Waals surface area contributed by atoms with E-state index in [1.165, 1.54) is 132 Å². The fourth-order valence-corrected chi connectivity index (χ4v) is 17.6. The lowest BCUT2D eigenvalue weighted by Crippen LogP contribution is -2.15. The molecule has 454 valence electrons. The van der Waals surface area contributed by atoms with Gasteiger partial charge in [0.15, 0.2) is 5.82 Å². The van der Waals surface area contributed by atoms with Crippen LogP contribution >= 0.6 is 0 Å². The van der Waals surface area contributed by atoms with Crippen LogP contribution in [0.2, 0.25) is 0 Å². The van der Waals surface area contributed by atoms with Crippen LogP contribution in [0.15, 0.2) is 297 Å². The number of nitrogens with zero attached hydrogens (tertiary/aromatic N) is 5. The number of fused-ring (bicyclic) bond motifs is 18. The summed E-state index contributed by atoms with van der Waals surface area (Å²) in [7, 11) is 0. The van der Waals surface area contributed by atoms with Crippen LogP contribution in [0.25, 0.3) is 183 Å². The van der Waals surface area contributed by atoms with Crippen molar-refractivity contribution < 1.29 is 0 Å². The van der Waals surface area contributed by atoms with Crippen LogP contribution in [0.1, 0.15) is 49.9 Å². The quantitative estimate of drug-likeness (QED) is 0.160. The van der Waals surface area contributed by atoms with Crippen LogP contribution in [0.3, 0.4) is 0 Å². The first kappa shape index (κ1) is 54.2. The normalized spacial score (nSPS) is 13.7. The Hall–Kier alpha value is -12.2. The van der Waals surface area contributed by atoms with Crippen molar-refractivity contribution in [3.8, 4) is 107 Å². The van der Waals surface area contributed by atoms with E-state index in [9.17, 15) is 0 Å². The Morgan fingerprint density at radius 1 is 0.247 bits per heavy atom. The maximum Gasteiger partial charge on any atom is 0.160 e. The molecule has 3 aliphatic carbocycles. The molecule has 0 aliphatic heterocycles. The van der Waals surface area contributed by atoms with E-state index in [1.807, 2.05) is 0 Å². The number of aromatic nitrogens is 5. The highest BCUT2D eigenvalue weighted by atomic mass is 15.0. The van der Waals surface area contributed by atoms with Gasteiger partial charge in [0.2, 0.25) is 0 Å². The molecule has 18 aromatic rings. The molecule has 5 heteroatoms. The van der Waals surface area contributed by atoms with E-state index in [1.54, 1.807) is 0 Å². The SMILES string of the molecule is CC1(C)c2ccccc2-c2ccc(-n3c4ccccc4c4cc(-c5ccc6c(c5)c5cc(-c7ccc8c(c7)c7ccccc7n8-c7cccc(-c8nc(-c9ccccc9)c9c(n8)-c8cccc%10cccc-9c8%10)c7)ccc5n6-c5ccc6c(c5)C(C)(C)c5ccccc5-6)ccc43)cc21. The Morgan fingerprint density at radius 3 is 1.16 bits per heavy atom. The van der Waals surface area contributed by atoms with Crippen LogP contribution in [0, 0.1) is 0 Å². The molecule has 0 radical (unpaired) electrons. The summed E-state index contributed by atoms with van der Waals surface area (Å²) in [4.78, 5) is 11.0. The van der Waals surface area contributed by atoms with Crippen molar-refractivity contribution in [2.45, 2.75) is 38.5 Å². The fraction of sp³-hybridized carbons (Fsp3) is 0.0652. The largest absolute Gasteiger partial charge is 0.309 e. The van der Waals surface area contributed by atoms with E-state index < -0.39 is 0 Å². The summed E-state index contributed by atoms with van der Waals surface area (Å²) in [6.45, 7) is 9.49. The highest BCUT2D eigenvalue weighted by Crippen LogP contribution is 2.54. The Morgan fingerprint density at radius 2 is 0.639 bits per heavy atom. The summed E-state index contributed by atoms with van der Waals surface area (Å²) in [6, 6.07) is 111. The molecule has 5 nitrogen and oxygen atoms in total. The van der Waals surface area contributed by atoms with E-state index in [4.69, 9.17) is 9.97 Å². The molecule has 0 spiro atoms. The number of rotatable bonds is 7. The van der Waals surface area contributed by atoms with Crippen LogP contribution in [-0.2, 0) is 10.8 Å². The molecular weight excluding hydrogens is 1180 g/mol. The fourth-order valence-electron chi connectivity index (χ4n) is 17.6. The molecule has 0 saturated heterocycles. The van der Waals surface area contributed by atoms with Crippen LogP contribution < -0.4 is 0 Å². The van der Waals surface area contributed by atoms with Gasteiger partial charge in [-0.05, 0) is 180 Å². The smallest absolute Gasteiger partial charge is 0.160 e.